The van der Waals surface area contributed by atoms with Gasteiger partial charge in [-0.05, 0) is 32.0 Å². The lowest BCUT2D eigenvalue weighted by Crippen LogP contribution is -2.64. The molecule has 0 unspecified atom stereocenters. The summed E-state index contributed by atoms with van der Waals surface area (Å²) < 4.78 is 11.8. The molecule has 0 saturated carbocycles. The number of para-hydroxylation sites is 1. The standard InChI is InChI=1S/C18H26N2O4/c21-13-7-3-2-6-12(13)10-19-15-14-11-23-18(24-14)16(17(15)22)20-8-4-1-5-9-20/h2-3,6-7,14-19,21-22H,1,4-5,8-11H2/t14-,15-,16-,17+,18-/m1/s1. The second-order valence-corrected chi connectivity index (χ2v) is 6.99. The minimum Gasteiger partial charge on any atom is -0.508 e. The number of aliphatic hydroxyl groups is 1. The number of benzene rings is 1. The summed E-state index contributed by atoms with van der Waals surface area (Å²) in [6, 6.07) is 6.95. The second kappa shape index (κ2) is 6.98. The Bertz CT molecular complexity index is 564. The minimum absolute atomic E-state index is 0.120. The van der Waals surface area contributed by atoms with Gasteiger partial charge in [-0.25, -0.2) is 0 Å². The fraction of sp³-hybridized carbons (Fsp3) is 0.667. The zero-order valence-electron chi connectivity index (χ0n) is 13.8. The zero-order chi connectivity index (χ0) is 16.5. The molecule has 6 heteroatoms. The minimum atomic E-state index is -0.541. The molecule has 0 radical (unpaired) electrons. The van der Waals surface area contributed by atoms with Crippen LogP contribution in [0, 0.1) is 0 Å². The molecule has 0 amide bonds. The summed E-state index contributed by atoms with van der Waals surface area (Å²) in [6.07, 6.45) is 2.57. The van der Waals surface area contributed by atoms with E-state index in [1.807, 2.05) is 12.1 Å². The highest BCUT2D eigenvalue weighted by Gasteiger charge is 2.51. The van der Waals surface area contributed by atoms with Crippen molar-refractivity contribution in [2.45, 2.75) is 56.4 Å². The lowest BCUT2D eigenvalue weighted by Gasteiger charge is -2.45. The van der Waals surface area contributed by atoms with Crippen LogP contribution in [0.25, 0.3) is 0 Å². The van der Waals surface area contributed by atoms with Crippen molar-refractivity contribution < 1.29 is 19.7 Å². The van der Waals surface area contributed by atoms with E-state index in [4.69, 9.17) is 9.47 Å². The highest BCUT2D eigenvalue weighted by molar-refractivity contribution is 5.31. The fourth-order valence-corrected chi connectivity index (χ4v) is 4.15. The largest absolute Gasteiger partial charge is 0.508 e. The SMILES string of the molecule is Oc1ccccc1CN[C@H]1[C@H](O)[C@@H](N2CCCCC2)[C@@H]2OC[C@H]1O2. The predicted octanol–water partition coefficient (Wildman–Crippen LogP) is 0.821. The van der Waals surface area contributed by atoms with Crippen LogP contribution in [0.4, 0.5) is 0 Å². The van der Waals surface area contributed by atoms with Crippen LogP contribution in [-0.2, 0) is 16.0 Å². The van der Waals surface area contributed by atoms with Gasteiger partial charge in [-0.15, -0.1) is 0 Å². The van der Waals surface area contributed by atoms with E-state index < -0.39 is 6.10 Å². The number of phenols is 1. The molecular weight excluding hydrogens is 308 g/mol. The molecule has 1 aromatic carbocycles. The Kier molecular flexibility index (Phi) is 4.74. The normalized spacial score (nSPS) is 36.8. The van der Waals surface area contributed by atoms with E-state index in [9.17, 15) is 10.2 Å². The average molecular weight is 334 g/mol. The van der Waals surface area contributed by atoms with Crippen molar-refractivity contribution in [1.29, 1.82) is 0 Å². The van der Waals surface area contributed by atoms with Crippen LogP contribution < -0.4 is 5.32 Å². The first kappa shape index (κ1) is 16.3. The molecule has 132 valence electrons. The number of rotatable bonds is 4. The molecule has 6 nitrogen and oxygen atoms in total. The van der Waals surface area contributed by atoms with Gasteiger partial charge in [0.05, 0.1) is 24.8 Å². The molecule has 0 aromatic heterocycles. The van der Waals surface area contributed by atoms with Crippen LogP contribution in [0.2, 0.25) is 0 Å². The summed E-state index contributed by atoms with van der Waals surface area (Å²) in [5, 5.41) is 24.3. The highest BCUT2D eigenvalue weighted by Crippen LogP contribution is 2.33. The van der Waals surface area contributed by atoms with E-state index in [0.29, 0.717) is 13.2 Å². The number of ether oxygens (including phenoxy) is 2. The number of aromatic hydroxyl groups is 1. The number of nitrogens with one attached hydrogen (secondary N) is 1. The number of phenolic OH excluding ortho intramolecular Hbond substituents is 1. The maximum atomic E-state index is 11.0. The monoisotopic (exact) mass is 334 g/mol. The van der Waals surface area contributed by atoms with Crippen LogP contribution in [0.1, 0.15) is 24.8 Å². The van der Waals surface area contributed by atoms with E-state index in [-0.39, 0.29) is 30.2 Å². The van der Waals surface area contributed by atoms with Crippen molar-refractivity contribution in [3.63, 3.8) is 0 Å². The molecule has 3 saturated heterocycles. The van der Waals surface area contributed by atoms with E-state index in [1.54, 1.807) is 12.1 Å². The Morgan fingerprint density at radius 1 is 1.17 bits per heavy atom. The van der Waals surface area contributed by atoms with Gasteiger partial charge in [0.2, 0.25) is 0 Å². The Labute approximate surface area is 142 Å². The van der Waals surface area contributed by atoms with Gasteiger partial charge >= 0.3 is 0 Å². The lowest BCUT2D eigenvalue weighted by atomic mass is 9.93. The zero-order valence-corrected chi connectivity index (χ0v) is 13.8. The lowest BCUT2D eigenvalue weighted by molar-refractivity contribution is -0.184. The third-order valence-electron chi connectivity index (χ3n) is 5.46. The predicted molar refractivity (Wildman–Crippen MR) is 88.6 cm³/mol. The van der Waals surface area contributed by atoms with Gasteiger partial charge in [0.25, 0.3) is 0 Å². The Balaban J connectivity index is 1.47. The smallest absolute Gasteiger partial charge is 0.176 e. The molecule has 0 aliphatic carbocycles. The Morgan fingerprint density at radius 3 is 2.75 bits per heavy atom. The number of aliphatic hydroxyl groups excluding tert-OH is 1. The summed E-state index contributed by atoms with van der Waals surface area (Å²) in [4.78, 5) is 2.31. The number of hydrogen-bond donors (Lipinski definition) is 3. The molecule has 5 atom stereocenters. The maximum absolute atomic E-state index is 11.0. The number of fused-ring (bicyclic) bond motifs is 2. The second-order valence-electron chi connectivity index (χ2n) is 6.99. The van der Waals surface area contributed by atoms with E-state index >= 15 is 0 Å². The van der Waals surface area contributed by atoms with Gasteiger partial charge in [0.15, 0.2) is 6.29 Å². The molecule has 0 spiro atoms. The van der Waals surface area contributed by atoms with Crippen LogP contribution in [0.15, 0.2) is 24.3 Å². The quantitative estimate of drug-likeness (QED) is 0.757. The molecule has 1 aromatic rings. The van der Waals surface area contributed by atoms with E-state index in [1.165, 1.54) is 6.42 Å². The third kappa shape index (κ3) is 3.05. The number of nitrogens with zero attached hydrogens (tertiary/aromatic N) is 1. The fourth-order valence-electron chi connectivity index (χ4n) is 4.15. The molecule has 3 N–H and O–H groups in total. The molecule has 3 aliphatic rings. The summed E-state index contributed by atoms with van der Waals surface area (Å²) in [7, 11) is 0. The van der Waals surface area contributed by atoms with Crippen molar-refractivity contribution in [2.75, 3.05) is 19.7 Å². The van der Waals surface area contributed by atoms with Crippen LogP contribution in [0.3, 0.4) is 0 Å². The van der Waals surface area contributed by atoms with Crippen molar-refractivity contribution in [1.82, 2.24) is 10.2 Å². The summed E-state index contributed by atoms with van der Waals surface area (Å²) in [5.41, 5.74) is 0.820. The van der Waals surface area contributed by atoms with Crippen LogP contribution in [0.5, 0.6) is 5.75 Å². The van der Waals surface area contributed by atoms with Crippen molar-refractivity contribution in [3.8, 4) is 5.75 Å². The Morgan fingerprint density at radius 2 is 1.96 bits per heavy atom. The van der Waals surface area contributed by atoms with Gasteiger partial charge in [0, 0.05) is 12.1 Å². The molecular formula is C18H26N2O4. The average Bonchev–Trinajstić information content (AvgIpc) is 3.02. The van der Waals surface area contributed by atoms with Crippen molar-refractivity contribution in [2.24, 2.45) is 0 Å². The summed E-state index contributed by atoms with van der Waals surface area (Å²) >= 11 is 0. The van der Waals surface area contributed by atoms with Crippen LogP contribution >= 0.6 is 0 Å². The molecule has 3 heterocycles. The number of likely N-dealkylation sites (tertiary alicyclic amines) is 1. The Hall–Kier alpha value is -1.18. The topological polar surface area (TPSA) is 74.2 Å². The van der Waals surface area contributed by atoms with E-state index in [0.717, 1.165) is 31.5 Å². The van der Waals surface area contributed by atoms with Gasteiger partial charge in [-0.2, -0.15) is 0 Å². The molecule has 24 heavy (non-hydrogen) atoms. The van der Waals surface area contributed by atoms with Gasteiger partial charge in [0.1, 0.15) is 11.9 Å². The molecule has 3 aliphatic heterocycles. The first-order chi connectivity index (χ1) is 11.7. The van der Waals surface area contributed by atoms with E-state index in [2.05, 4.69) is 10.2 Å². The summed E-state index contributed by atoms with van der Waals surface area (Å²) in [6.45, 7) is 2.97. The maximum Gasteiger partial charge on any atom is 0.176 e. The van der Waals surface area contributed by atoms with Crippen LogP contribution in [-0.4, -0.2) is 65.4 Å². The highest BCUT2D eigenvalue weighted by atomic mass is 16.7. The van der Waals surface area contributed by atoms with Crippen molar-refractivity contribution in [3.05, 3.63) is 29.8 Å². The molecule has 4 rings (SSSR count). The van der Waals surface area contributed by atoms with Gasteiger partial charge in [-0.3, -0.25) is 4.90 Å². The number of piperidine rings is 1. The number of hydrogen-bond acceptors (Lipinski definition) is 6. The third-order valence-corrected chi connectivity index (χ3v) is 5.46. The first-order valence-electron chi connectivity index (χ1n) is 8.93. The summed E-state index contributed by atoms with van der Waals surface area (Å²) in [5.74, 6) is 0.268. The van der Waals surface area contributed by atoms with Crippen molar-refractivity contribution >= 4 is 0 Å². The van der Waals surface area contributed by atoms with Gasteiger partial charge < -0.3 is 25.0 Å². The van der Waals surface area contributed by atoms with Gasteiger partial charge in [-0.1, -0.05) is 24.6 Å². The molecule has 2 bridgehead atoms. The molecule has 3 fully saturated rings. The first-order valence-corrected chi connectivity index (χ1v) is 8.93.